The summed E-state index contributed by atoms with van der Waals surface area (Å²) in [5, 5.41) is 7.57. The first-order valence-corrected chi connectivity index (χ1v) is 10.5. The second-order valence-corrected chi connectivity index (χ2v) is 8.58. The van der Waals surface area contributed by atoms with E-state index in [9.17, 15) is 4.79 Å². The van der Waals surface area contributed by atoms with Gasteiger partial charge in [-0.1, -0.05) is 30.9 Å². The molecule has 1 N–H and O–H groups in total. The van der Waals surface area contributed by atoms with Crippen molar-refractivity contribution in [3.8, 4) is 0 Å². The summed E-state index contributed by atoms with van der Waals surface area (Å²) in [7, 11) is 0. The maximum Gasteiger partial charge on any atom is 0.275 e. The number of hydrogen-bond donors (Lipinski definition) is 1. The van der Waals surface area contributed by atoms with Crippen molar-refractivity contribution in [2.24, 2.45) is 11.8 Å². The van der Waals surface area contributed by atoms with Crippen LogP contribution in [0.3, 0.4) is 0 Å². The van der Waals surface area contributed by atoms with E-state index in [0.717, 1.165) is 42.0 Å². The van der Waals surface area contributed by atoms with Crippen molar-refractivity contribution in [1.29, 1.82) is 0 Å². The number of rotatable bonds is 6. The van der Waals surface area contributed by atoms with Crippen molar-refractivity contribution in [1.82, 2.24) is 19.6 Å². The predicted molar refractivity (Wildman–Crippen MR) is 113 cm³/mol. The van der Waals surface area contributed by atoms with E-state index in [1.165, 1.54) is 31.9 Å². The fraction of sp³-hybridized carbons (Fsp3) is 0.429. The molecule has 0 unspecified atom stereocenters. The number of anilines is 2. The standard InChI is InChI=1S/C21H23ClN6O/c1-13-6-17-7-16(8-19(22)28(17)26-13)25-21(29)18-9-24-20(10-23-18)27-11-15(12-27)5-4-14-2-3-14/h6-10,14-15H,2-5,11-12H2,1H3,(H,25,29). The van der Waals surface area contributed by atoms with Crippen LogP contribution in [-0.2, 0) is 0 Å². The largest absolute Gasteiger partial charge is 0.355 e. The molecule has 0 radical (unpaired) electrons. The molecular formula is C21H23ClN6O. The molecule has 5 rings (SSSR count). The molecule has 2 fully saturated rings. The Bertz CT molecular complexity index is 1050. The van der Waals surface area contributed by atoms with Gasteiger partial charge >= 0.3 is 0 Å². The molecule has 1 aliphatic heterocycles. The van der Waals surface area contributed by atoms with Crippen molar-refractivity contribution >= 4 is 34.5 Å². The molecule has 150 valence electrons. The summed E-state index contributed by atoms with van der Waals surface area (Å²) in [4.78, 5) is 23.5. The molecule has 1 saturated heterocycles. The third kappa shape index (κ3) is 3.92. The molecule has 3 aromatic rings. The topological polar surface area (TPSA) is 75.4 Å². The molecule has 8 heteroatoms. The Kier molecular flexibility index (Phi) is 4.62. The lowest BCUT2D eigenvalue weighted by Crippen LogP contribution is -2.47. The Balaban J connectivity index is 1.20. The molecule has 29 heavy (non-hydrogen) atoms. The molecule has 1 amide bonds. The number of pyridine rings is 1. The van der Waals surface area contributed by atoms with Gasteiger partial charge in [-0.15, -0.1) is 0 Å². The van der Waals surface area contributed by atoms with Gasteiger partial charge in [0.25, 0.3) is 5.91 Å². The van der Waals surface area contributed by atoms with Gasteiger partial charge in [0, 0.05) is 18.8 Å². The Morgan fingerprint density at radius 1 is 1.14 bits per heavy atom. The van der Waals surface area contributed by atoms with Crippen LogP contribution >= 0.6 is 11.6 Å². The van der Waals surface area contributed by atoms with E-state index < -0.39 is 0 Å². The highest BCUT2D eigenvalue weighted by atomic mass is 35.5. The average molecular weight is 411 g/mol. The number of carbonyl (C=O) groups is 1. The Hall–Kier alpha value is -2.67. The zero-order valence-electron chi connectivity index (χ0n) is 16.3. The molecule has 0 atom stereocenters. The molecule has 1 aliphatic carbocycles. The minimum absolute atomic E-state index is 0.278. The Morgan fingerprint density at radius 3 is 2.66 bits per heavy atom. The van der Waals surface area contributed by atoms with Gasteiger partial charge in [-0.3, -0.25) is 4.79 Å². The SMILES string of the molecule is Cc1cc2cc(NC(=O)c3cnc(N4CC(CCC5CC5)C4)cn3)cc(Cl)n2n1. The molecule has 0 spiro atoms. The number of nitrogens with zero attached hydrogens (tertiary/aromatic N) is 5. The van der Waals surface area contributed by atoms with E-state index in [4.69, 9.17) is 11.6 Å². The molecule has 2 aliphatic rings. The third-order valence-corrected chi connectivity index (χ3v) is 6.00. The lowest BCUT2D eigenvalue weighted by atomic mass is 9.93. The molecular weight excluding hydrogens is 388 g/mol. The monoisotopic (exact) mass is 410 g/mol. The molecule has 3 aromatic heterocycles. The highest BCUT2D eigenvalue weighted by molar-refractivity contribution is 6.30. The van der Waals surface area contributed by atoms with E-state index in [2.05, 4.69) is 25.3 Å². The lowest BCUT2D eigenvalue weighted by molar-refractivity contribution is 0.102. The third-order valence-electron chi connectivity index (χ3n) is 5.73. The van der Waals surface area contributed by atoms with E-state index in [1.807, 2.05) is 19.1 Å². The molecule has 7 nitrogen and oxygen atoms in total. The Morgan fingerprint density at radius 2 is 1.93 bits per heavy atom. The van der Waals surface area contributed by atoms with Crippen molar-refractivity contribution in [2.75, 3.05) is 23.3 Å². The fourth-order valence-corrected chi connectivity index (χ4v) is 4.12. The first-order valence-electron chi connectivity index (χ1n) is 10.1. The van der Waals surface area contributed by atoms with Crippen molar-refractivity contribution < 1.29 is 4.79 Å². The van der Waals surface area contributed by atoms with E-state index in [1.54, 1.807) is 16.8 Å². The van der Waals surface area contributed by atoms with Crippen molar-refractivity contribution in [3.05, 3.63) is 47.1 Å². The van der Waals surface area contributed by atoms with Crippen molar-refractivity contribution in [2.45, 2.75) is 32.6 Å². The first kappa shape index (κ1) is 18.4. The van der Waals surface area contributed by atoms with Gasteiger partial charge in [0.15, 0.2) is 0 Å². The zero-order valence-corrected chi connectivity index (χ0v) is 17.1. The number of halogens is 1. The van der Waals surface area contributed by atoms with Crippen LogP contribution in [0.2, 0.25) is 5.15 Å². The normalized spacial score (nSPS) is 16.8. The minimum atomic E-state index is -0.313. The van der Waals surface area contributed by atoms with Gasteiger partial charge in [-0.2, -0.15) is 5.10 Å². The molecule has 0 aromatic carbocycles. The van der Waals surface area contributed by atoms with Crippen LogP contribution in [0.5, 0.6) is 0 Å². The molecule has 0 bridgehead atoms. The summed E-state index contributed by atoms with van der Waals surface area (Å²) < 4.78 is 1.63. The van der Waals surface area contributed by atoms with Gasteiger partial charge in [-0.25, -0.2) is 14.5 Å². The second-order valence-electron chi connectivity index (χ2n) is 8.19. The highest BCUT2D eigenvalue weighted by Crippen LogP contribution is 2.36. The number of aromatic nitrogens is 4. The second kappa shape index (κ2) is 7.30. The van der Waals surface area contributed by atoms with Crippen LogP contribution in [-0.4, -0.2) is 38.6 Å². The van der Waals surface area contributed by atoms with Crippen LogP contribution in [0.1, 0.15) is 41.9 Å². The summed E-state index contributed by atoms with van der Waals surface area (Å²) in [6.07, 6.45) is 8.76. The number of nitrogens with one attached hydrogen (secondary N) is 1. The van der Waals surface area contributed by atoms with Crippen LogP contribution in [0.25, 0.3) is 5.52 Å². The van der Waals surface area contributed by atoms with Gasteiger partial charge in [-0.05, 0) is 43.4 Å². The van der Waals surface area contributed by atoms with Crippen LogP contribution in [0.4, 0.5) is 11.5 Å². The van der Waals surface area contributed by atoms with Gasteiger partial charge in [0.05, 0.1) is 23.6 Å². The van der Waals surface area contributed by atoms with E-state index in [0.29, 0.717) is 10.8 Å². The maximum atomic E-state index is 12.5. The predicted octanol–water partition coefficient (Wildman–Crippen LogP) is 3.96. The number of fused-ring (bicyclic) bond motifs is 1. The zero-order chi connectivity index (χ0) is 20.0. The van der Waals surface area contributed by atoms with Gasteiger partial charge in [0.2, 0.25) is 0 Å². The van der Waals surface area contributed by atoms with Crippen LogP contribution in [0, 0.1) is 18.8 Å². The lowest BCUT2D eigenvalue weighted by Gasteiger charge is -2.40. The van der Waals surface area contributed by atoms with Gasteiger partial charge < -0.3 is 10.2 Å². The first-order chi connectivity index (χ1) is 14.0. The van der Waals surface area contributed by atoms with E-state index >= 15 is 0 Å². The number of aryl methyl sites for hydroxylation is 1. The smallest absolute Gasteiger partial charge is 0.275 e. The maximum absolute atomic E-state index is 12.5. The van der Waals surface area contributed by atoms with Crippen LogP contribution in [0.15, 0.2) is 30.6 Å². The summed E-state index contributed by atoms with van der Waals surface area (Å²) in [5.41, 5.74) is 2.55. The number of amides is 1. The fourth-order valence-electron chi connectivity index (χ4n) is 3.87. The molecule has 1 saturated carbocycles. The van der Waals surface area contributed by atoms with Crippen molar-refractivity contribution in [3.63, 3.8) is 0 Å². The summed E-state index contributed by atoms with van der Waals surface area (Å²) >= 11 is 6.25. The van der Waals surface area contributed by atoms with E-state index in [-0.39, 0.29) is 11.6 Å². The number of hydrogen-bond acceptors (Lipinski definition) is 5. The quantitative estimate of drug-likeness (QED) is 0.622. The Labute approximate surface area is 174 Å². The van der Waals surface area contributed by atoms with Crippen LogP contribution < -0.4 is 10.2 Å². The average Bonchev–Trinajstić information content (AvgIpc) is 3.41. The van der Waals surface area contributed by atoms with Gasteiger partial charge in [0.1, 0.15) is 16.7 Å². The minimum Gasteiger partial charge on any atom is -0.355 e. The summed E-state index contributed by atoms with van der Waals surface area (Å²) in [6.45, 7) is 3.97. The molecule has 4 heterocycles. The summed E-state index contributed by atoms with van der Waals surface area (Å²) in [5.74, 6) is 2.29. The number of carbonyl (C=O) groups excluding carboxylic acids is 1. The highest BCUT2D eigenvalue weighted by Gasteiger charge is 2.30. The summed E-state index contributed by atoms with van der Waals surface area (Å²) in [6, 6.07) is 5.40.